The van der Waals surface area contributed by atoms with Crippen molar-refractivity contribution in [3.05, 3.63) is 60.2 Å². The van der Waals surface area contributed by atoms with E-state index in [1.165, 1.54) is 22.0 Å². The molecule has 0 unspecified atom stereocenters. The number of nitrogens with zero attached hydrogens (tertiary/aromatic N) is 1. The van der Waals surface area contributed by atoms with Crippen LogP contribution in [0.5, 0.6) is 0 Å². The summed E-state index contributed by atoms with van der Waals surface area (Å²) in [5.41, 5.74) is 3.83. The zero-order valence-electron chi connectivity index (χ0n) is 11.1. The number of aromatic nitrogens is 1. The molecule has 19 heavy (non-hydrogen) atoms. The molecule has 3 heteroatoms. The minimum Gasteiger partial charge on any atom is -0.472 e. The lowest BCUT2D eigenvalue weighted by Gasteiger charge is -2.07. The molecule has 3 nitrogen and oxygen atoms in total. The molecule has 0 amide bonds. The summed E-state index contributed by atoms with van der Waals surface area (Å²) in [5, 5.41) is 4.77. The highest BCUT2D eigenvalue weighted by Crippen LogP contribution is 2.19. The second kappa shape index (κ2) is 5.33. The molecule has 0 saturated heterocycles. The molecule has 3 aromatic rings. The van der Waals surface area contributed by atoms with Crippen molar-refractivity contribution in [2.45, 2.75) is 20.0 Å². The van der Waals surface area contributed by atoms with Gasteiger partial charge in [-0.1, -0.05) is 12.1 Å². The highest BCUT2D eigenvalue weighted by Gasteiger charge is 2.02. The first kappa shape index (κ1) is 12.1. The predicted octanol–water partition coefficient (Wildman–Crippen LogP) is 3.33. The zero-order valence-corrected chi connectivity index (χ0v) is 11.1. The van der Waals surface area contributed by atoms with Gasteiger partial charge in [0.1, 0.15) is 0 Å². The minimum absolute atomic E-state index is 0.856. The number of aryl methyl sites for hydroxylation is 1. The second-order valence-electron chi connectivity index (χ2n) is 4.83. The van der Waals surface area contributed by atoms with E-state index in [1.54, 1.807) is 12.5 Å². The van der Waals surface area contributed by atoms with Crippen LogP contribution in [0.1, 0.15) is 11.1 Å². The second-order valence-corrected chi connectivity index (χ2v) is 4.83. The standard InChI is InChI=1S/C16H18N2O/c1-13-3-2-4-16-15(13)5-8-18(16)9-7-17-11-14-6-10-19-12-14/h2-6,8,10,12,17H,7,9,11H2,1H3. The maximum atomic E-state index is 5.04. The SMILES string of the molecule is Cc1cccc2c1ccn2CCNCc1ccoc1. The highest BCUT2D eigenvalue weighted by molar-refractivity contribution is 5.83. The van der Waals surface area contributed by atoms with Crippen molar-refractivity contribution >= 4 is 10.9 Å². The molecule has 0 spiro atoms. The monoisotopic (exact) mass is 254 g/mol. The van der Waals surface area contributed by atoms with Crippen molar-refractivity contribution < 1.29 is 4.42 Å². The summed E-state index contributed by atoms with van der Waals surface area (Å²) in [7, 11) is 0. The van der Waals surface area contributed by atoms with E-state index in [0.717, 1.165) is 19.6 Å². The molecule has 0 atom stereocenters. The van der Waals surface area contributed by atoms with Crippen LogP contribution in [0.25, 0.3) is 10.9 Å². The third kappa shape index (κ3) is 2.56. The van der Waals surface area contributed by atoms with Gasteiger partial charge in [0.15, 0.2) is 0 Å². The van der Waals surface area contributed by atoms with Crippen molar-refractivity contribution in [1.29, 1.82) is 0 Å². The number of hydrogen-bond donors (Lipinski definition) is 1. The van der Waals surface area contributed by atoms with Gasteiger partial charge >= 0.3 is 0 Å². The maximum absolute atomic E-state index is 5.04. The average molecular weight is 254 g/mol. The Morgan fingerprint density at radius 1 is 1.21 bits per heavy atom. The molecular formula is C16H18N2O. The minimum atomic E-state index is 0.856. The summed E-state index contributed by atoms with van der Waals surface area (Å²) in [5.74, 6) is 0. The summed E-state index contributed by atoms with van der Waals surface area (Å²) in [6, 6.07) is 10.6. The molecule has 2 heterocycles. The topological polar surface area (TPSA) is 30.1 Å². The lowest BCUT2D eigenvalue weighted by Crippen LogP contribution is -2.18. The fraction of sp³-hybridized carbons (Fsp3) is 0.250. The van der Waals surface area contributed by atoms with Crippen molar-refractivity contribution in [2.75, 3.05) is 6.54 Å². The molecule has 98 valence electrons. The van der Waals surface area contributed by atoms with Gasteiger partial charge in [0.25, 0.3) is 0 Å². The summed E-state index contributed by atoms with van der Waals surface area (Å²) >= 11 is 0. The third-order valence-electron chi connectivity index (χ3n) is 3.47. The van der Waals surface area contributed by atoms with E-state index in [0.29, 0.717) is 0 Å². The van der Waals surface area contributed by atoms with Crippen LogP contribution in [0, 0.1) is 6.92 Å². The fourth-order valence-corrected chi connectivity index (χ4v) is 2.40. The first-order chi connectivity index (χ1) is 9.34. The lowest BCUT2D eigenvalue weighted by molar-refractivity contribution is 0.557. The molecule has 0 aliphatic heterocycles. The van der Waals surface area contributed by atoms with Gasteiger partial charge in [0.05, 0.1) is 12.5 Å². The number of rotatable bonds is 5. The molecule has 0 radical (unpaired) electrons. The Balaban J connectivity index is 1.61. The Morgan fingerprint density at radius 3 is 3.00 bits per heavy atom. The van der Waals surface area contributed by atoms with Gasteiger partial charge in [-0.15, -0.1) is 0 Å². The number of benzene rings is 1. The fourth-order valence-electron chi connectivity index (χ4n) is 2.40. The summed E-state index contributed by atoms with van der Waals surface area (Å²) in [6.45, 7) is 4.94. The van der Waals surface area contributed by atoms with Crippen LogP contribution >= 0.6 is 0 Å². The molecule has 0 fully saturated rings. The van der Waals surface area contributed by atoms with Gasteiger partial charge in [-0.2, -0.15) is 0 Å². The van der Waals surface area contributed by atoms with Crippen molar-refractivity contribution in [1.82, 2.24) is 9.88 Å². The first-order valence-corrected chi connectivity index (χ1v) is 6.61. The molecule has 1 N–H and O–H groups in total. The van der Waals surface area contributed by atoms with Gasteiger partial charge in [0, 0.05) is 42.3 Å². The van der Waals surface area contributed by atoms with Gasteiger partial charge in [-0.05, 0) is 30.7 Å². The molecular weight excluding hydrogens is 236 g/mol. The first-order valence-electron chi connectivity index (χ1n) is 6.61. The Bertz CT molecular complexity index is 653. The number of fused-ring (bicyclic) bond motifs is 1. The van der Waals surface area contributed by atoms with E-state index >= 15 is 0 Å². The van der Waals surface area contributed by atoms with E-state index in [1.807, 2.05) is 6.07 Å². The third-order valence-corrected chi connectivity index (χ3v) is 3.47. The summed E-state index contributed by atoms with van der Waals surface area (Å²) < 4.78 is 7.34. The van der Waals surface area contributed by atoms with Crippen LogP contribution in [-0.2, 0) is 13.1 Å². The molecule has 0 saturated carbocycles. The van der Waals surface area contributed by atoms with Crippen LogP contribution in [0.2, 0.25) is 0 Å². The predicted molar refractivity (Wildman–Crippen MR) is 77.1 cm³/mol. The van der Waals surface area contributed by atoms with E-state index in [2.05, 4.69) is 47.3 Å². The van der Waals surface area contributed by atoms with Gasteiger partial charge < -0.3 is 14.3 Å². The average Bonchev–Trinajstić information content (AvgIpc) is 3.05. The maximum Gasteiger partial charge on any atom is 0.0947 e. The van der Waals surface area contributed by atoms with E-state index < -0.39 is 0 Å². The Kier molecular flexibility index (Phi) is 3.38. The number of furan rings is 1. The van der Waals surface area contributed by atoms with Crippen LogP contribution in [-0.4, -0.2) is 11.1 Å². The molecule has 2 aromatic heterocycles. The molecule has 1 aromatic carbocycles. The summed E-state index contributed by atoms with van der Waals surface area (Å²) in [4.78, 5) is 0. The Morgan fingerprint density at radius 2 is 2.16 bits per heavy atom. The van der Waals surface area contributed by atoms with E-state index in [9.17, 15) is 0 Å². The van der Waals surface area contributed by atoms with Crippen molar-refractivity contribution in [3.63, 3.8) is 0 Å². The van der Waals surface area contributed by atoms with Crippen molar-refractivity contribution in [3.8, 4) is 0 Å². The summed E-state index contributed by atoms with van der Waals surface area (Å²) in [6.07, 6.45) is 5.65. The number of hydrogen-bond acceptors (Lipinski definition) is 2. The lowest BCUT2D eigenvalue weighted by atomic mass is 10.1. The van der Waals surface area contributed by atoms with E-state index in [4.69, 9.17) is 4.42 Å². The Labute approximate surface area is 112 Å². The largest absolute Gasteiger partial charge is 0.472 e. The van der Waals surface area contributed by atoms with Crippen molar-refractivity contribution in [2.24, 2.45) is 0 Å². The van der Waals surface area contributed by atoms with Crippen LogP contribution in [0.4, 0.5) is 0 Å². The van der Waals surface area contributed by atoms with Gasteiger partial charge in [-0.3, -0.25) is 0 Å². The quantitative estimate of drug-likeness (QED) is 0.708. The normalized spacial score (nSPS) is 11.2. The van der Waals surface area contributed by atoms with Gasteiger partial charge in [0.2, 0.25) is 0 Å². The van der Waals surface area contributed by atoms with Crippen LogP contribution in [0.3, 0.4) is 0 Å². The van der Waals surface area contributed by atoms with Crippen LogP contribution in [0.15, 0.2) is 53.5 Å². The molecule has 0 aliphatic rings. The molecule has 0 bridgehead atoms. The highest BCUT2D eigenvalue weighted by atomic mass is 16.3. The number of nitrogens with one attached hydrogen (secondary N) is 1. The Hall–Kier alpha value is -2.00. The molecule has 0 aliphatic carbocycles. The van der Waals surface area contributed by atoms with E-state index in [-0.39, 0.29) is 0 Å². The van der Waals surface area contributed by atoms with Gasteiger partial charge in [-0.25, -0.2) is 0 Å². The zero-order chi connectivity index (χ0) is 13.1. The smallest absolute Gasteiger partial charge is 0.0947 e. The molecule has 3 rings (SSSR count). The van der Waals surface area contributed by atoms with Crippen LogP contribution < -0.4 is 5.32 Å².